The van der Waals surface area contributed by atoms with Crippen molar-refractivity contribution in [2.45, 2.75) is 18.3 Å². The van der Waals surface area contributed by atoms with Crippen LogP contribution in [-0.2, 0) is 0 Å². The second-order valence-corrected chi connectivity index (χ2v) is 2.04. The maximum Gasteiger partial charge on any atom is 0.109 e. The van der Waals surface area contributed by atoms with Gasteiger partial charge in [0.05, 0.1) is 12.7 Å². The highest BCUT2D eigenvalue weighted by Crippen LogP contribution is 1.97. The molecule has 70 valence electrons. The molecular formula is C5H14BrNO4. The van der Waals surface area contributed by atoms with Crippen LogP contribution in [0.1, 0.15) is 0 Å². The van der Waals surface area contributed by atoms with Gasteiger partial charge < -0.3 is 26.2 Å². The fourth-order valence-electron chi connectivity index (χ4n) is 0.504. The molecule has 6 heteroatoms. The van der Waals surface area contributed by atoms with E-state index in [1.165, 1.54) is 0 Å². The van der Waals surface area contributed by atoms with Gasteiger partial charge in [0.1, 0.15) is 12.2 Å². The Bertz CT molecular complexity index is 84.6. The molecule has 0 spiro atoms. The second-order valence-electron chi connectivity index (χ2n) is 2.04. The van der Waals surface area contributed by atoms with Crippen LogP contribution in [0.5, 0.6) is 0 Å². The summed E-state index contributed by atoms with van der Waals surface area (Å²) >= 11 is 0. The molecule has 0 aliphatic carbocycles. The van der Waals surface area contributed by atoms with Gasteiger partial charge in [-0.25, -0.2) is 0 Å². The van der Waals surface area contributed by atoms with Crippen molar-refractivity contribution in [3.63, 3.8) is 0 Å². The van der Waals surface area contributed by atoms with Crippen LogP contribution < -0.4 is 5.73 Å². The topological polar surface area (TPSA) is 107 Å². The molecule has 0 radical (unpaired) electrons. The molecule has 0 aromatic carbocycles. The van der Waals surface area contributed by atoms with E-state index >= 15 is 0 Å². The van der Waals surface area contributed by atoms with Gasteiger partial charge in [-0.05, 0) is 0 Å². The first-order valence-electron chi connectivity index (χ1n) is 2.98. The van der Waals surface area contributed by atoms with E-state index in [4.69, 9.17) is 26.2 Å². The van der Waals surface area contributed by atoms with E-state index in [-0.39, 0.29) is 23.5 Å². The molecule has 11 heavy (non-hydrogen) atoms. The van der Waals surface area contributed by atoms with Gasteiger partial charge in [0.15, 0.2) is 0 Å². The lowest BCUT2D eigenvalue weighted by molar-refractivity contribution is -0.0727. The van der Waals surface area contributed by atoms with E-state index in [1.807, 2.05) is 0 Å². The second kappa shape index (κ2) is 6.96. The third kappa shape index (κ3) is 4.67. The summed E-state index contributed by atoms with van der Waals surface area (Å²) in [6, 6.07) is 0. The minimum absolute atomic E-state index is 0. The summed E-state index contributed by atoms with van der Waals surface area (Å²) in [5.74, 6) is 0. The number of nitrogens with two attached hydrogens (primary N) is 1. The molecule has 0 aliphatic heterocycles. The van der Waals surface area contributed by atoms with E-state index in [9.17, 15) is 0 Å². The van der Waals surface area contributed by atoms with Gasteiger partial charge in [0, 0.05) is 6.54 Å². The van der Waals surface area contributed by atoms with Gasteiger partial charge in [-0.2, -0.15) is 0 Å². The molecule has 5 nitrogen and oxygen atoms in total. The Kier molecular flexibility index (Phi) is 8.76. The summed E-state index contributed by atoms with van der Waals surface area (Å²) in [7, 11) is 0. The first-order chi connectivity index (χ1) is 4.63. The zero-order chi connectivity index (χ0) is 8.15. The van der Waals surface area contributed by atoms with Crippen molar-refractivity contribution in [1.82, 2.24) is 0 Å². The third-order valence-electron chi connectivity index (χ3n) is 1.22. The van der Waals surface area contributed by atoms with E-state index in [2.05, 4.69) is 0 Å². The largest absolute Gasteiger partial charge is 0.394 e. The van der Waals surface area contributed by atoms with Crippen molar-refractivity contribution in [3.8, 4) is 0 Å². The predicted molar refractivity (Wildman–Crippen MR) is 44.5 cm³/mol. The average molecular weight is 232 g/mol. The molecule has 6 N–H and O–H groups in total. The lowest BCUT2D eigenvalue weighted by atomic mass is 10.1. The first kappa shape index (κ1) is 13.8. The molecule has 0 saturated heterocycles. The first-order valence-corrected chi connectivity index (χ1v) is 2.98. The molecular weight excluding hydrogens is 218 g/mol. The molecule has 0 rings (SSSR count). The minimum atomic E-state index is -1.37. The molecule has 0 unspecified atom stereocenters. The number of rotatable bonds is 4. The smallest absolute Gasteiger partial charge is 0.109 e. The fraction of sp³-hybridized carbons (Fsp3) is 1.00. The van der Waals surface area contributed by atoms with E-state index < -0.39 is 24.9 Å². The number of hydrogen-bond acceptors (Lipinski definition) is 5. The predicted octanol–water partition coefficient (Wildman–Crippen LogP) is -2.40. The number of halogens is 1. The fourth-order valence-corrected chi connectivity index (χ4v) is 0.504. The number of aliphatic hydroxyl groups is 4. The quantitative estimate of drug-likeness (QED) is 0.371. The number of hydrogen-bond donors (Lipinski definition) is 5. The SMILES string of the molecule is Br.NC[C@@H](O)[C@@H](O)[C@@H](O)CO. The van der Waals surface area contributed by atoms with Crippen LogP contribution in [0, 0.1) is 0 Å². The Morgan fingerprint density at radius 1 is 1.09 bits per heavy atom. The maximum absolute atomic E-state index is 8.85. The van der Waals surface area contributed by atoms with Crippen molar-refractivity contribution >= 4 is 17.0 Å². The van der Waals surface area contributed by atoms with Gasteiger partial charge in [-0.3, -0.25) is 0 Å². The summed E-state index contributed by atoms with van der Waals surface area (Å²) in [5.41, 5.74) is 4.96. The van der Waals surface area contributed by atoms with Crippen molar-refractivity contribution in [1.29, 1.82) is 0 Å². The lowest BCUT2D eigenvalue weighted by Crippen LogP contribution is -2.43. The third-order valence-corrected chi connectivity index (χ3v) is 1.22. The normalized spacial score (nSPS) is 18.3. The minimum Gasteiger partial charge on any atom is -0.394 e. The number of aliphatic hydroxyl groups excluding tert-OH is 4. The van der Waals surface area contributed by atoms with Crippen molar-refractivity contribution < 1.29 is 20.4 Å². The molecule has 0 saturated carbocycles. The average Bonchev–Trinajstić information content (AvgIpc) is 2.00. The zero-order valence-electron chi connectivity index (χ0n) is 5.92. The molecule has 0 fully saturated rings. The van der Waals surface area contributed by atoms with Gasteiger partial charge in [0.2, 0.25) is 0 Å². The van der Waals surface area contributed by atoms with E-state index in [0.717, 1.165) is 0 Å². The Balaban J connectivity index is 0. The van der Waals surface area contributed by atoms with Crippen LogP contribution in [0.3, 0.4) is 0 Å². The van der Waals surface area contributed by atoms with Crippen LogP contribution in [0.2, 0.25) is 0 Å². The Morgan fingerprint density at radius 2 is 1.55 bits per heavy atom. The molecule has 0 bridgehead atoms. The Labute approximate surface area is 75.2 Å². The van der Waals surface area contributed by atoms with Crippen molar-refractivity contribution in [3.05, 3.63) is 0 Å². The summed E-state index contributed by atoms with van der Waals surface area (Å²) in [6.45, 7) is -0.726. The van der Waals surface area contributed by atoms with Crippen molar-refractivity contribution in [2.75, 3.05) is 13.2 Å². The summed E-state index contributed by atoms with van der Waals surface area (Å²) in [5, 5.41) is 34.6. The van der Waals surface area contributed by atoms with Crippen LogP contribution in [0.25, 0.3) is 0 Å². The Morgan fingerprint density at radius 3 is 1.82 bits per heavy atom. The highest BCUT2D eigenvalue weighted by Gasteiger charge is 2.22. The molecule has 0 aromatic heterocycles. The molecule has 3 atom stereocenters. The zero-order valence-corrected chi connectivity index (χ0v) is 7.63. The highest BCUT2D eigenvalue weighted by atomic mass is 79.9. The van der Waals surface area contributed by atoms with Gasteiger partial charge in [-0.1, -0.05) is 0 Å². The van der Waals surface area contributed by atoms with Gasteiger partial charge >= 0.3 is 0 Å². The maximum atomic E-state index is 8.85. The van der Waals surface area contributed by atoms with Crippen LogP contribution in [0.15, 0.2) is 0 Å². The van der Waals surface area contributed by atoms with Crippen LogP contribution in [-0.4, -0.2) is 51.9 Å². The molecule has 0 aliphatic rings. The molecule has 0 amide bonds. The standard InChI is InChI=1S/C5H13NO4.BrH/c6-1-3(8)5(10)4(9)2-7;/h3-5,7-10H,1-2,6H2;1H/t3-,4+,5-;/m1./s1. The summed E-state index contributed by atoms with van der Waals surface area (Å²) < 4.78 is 0. The van der Waals surface area contributed by atoms with Crippen molar-refractivity contribution in [2.24, 2.45) is 5.73 Å². The van der Waals surface area contributed by atoms with Gasteiger partial charge in [-0.15, -0.1) is 17.0 Å². The van der Waals surface area contributed by atoms with E-state index in [0.29, 0.717) is 0 Å². The van der Waals surface area contributed by atoms with Crippen LogP contribution in [0.4, 0.5) is 0 Å². The monoisotopic (exact) mass is 231 g/mol. The summed E-state index contributed by atoms with van der Waals surface area (Å²) in [4.78, 5) is 0. The molecule has 0 aromatic rings. The highest BCUT2D eigenvalue weighted by molar-refractivity contribution is 8.93. The van der Waals surface area contributed by atoms with Crippen LogP contribution >= 0.6 is 17.0 Å². The van der Waals surface area contributed by atoms with E-state index in [1.54, 1.807) is 0 Å². The van der Waals surface area contributed by atoms with Gasteiger partial charge in [0.25, 0.3) is 0 Å². The summed E-state index contributed by atoms with van der Waals surface area (Å²) in [6.07, 6.45) is -3.87. The lowest BCUT2D eigenvalue weighted by Gasteiger charge is -2.19. The Hall–Kier alpha value is 0.280. The molecule has 0 heterocycles.